The van der Waals surface area contributed by atoms with Crippen LogP contribution in [0.1, 0.15) is 0 Å². The minimum atomic E-state index is 1.13. The van der Waals surface area contributed by atoms with Gasteiger partial charge in [0.1, 0.15) is 0 Å². The van der Waals surface area contributed by atoms with Gasteiger partial charge in [0, 0.05) is 63.0 Å². The predicted octanol–water partition coefficient (Wildman–Crippen LogP) is 13.2. The zero-order valence-corrected chi connectivity index (χ0v) is 26.0. The van der Waals surface area contributed by atoms with Crippen molar-refractivity contribution in [1.82, 2.24) is 0 Å². The van der Waals surface area contributed by atoms with Crippen molar-refractivity contribution in [3.8, 4) is 22.3 Å². The number of benzene rings is 7. The standard InChI is InChI=1S/C42H27NS2/c1-3-11-31(12-4-1)43(32-13-5-2-6-14-32)33-22-19-28(20-23-33)30-26-36(42-38(27-30)35-16-8-10-18-40(35)45-42)29-21-24-41-37(25-29)34-15-7-9-17-39(34)44-41/h1-27H. The Morgan fingerprint density at radius 1 is 0.333 bits per heavy atom. The highest BCUT2D eigenvalue weighted by Gasteiger charge is 2.16. The zero-order chi connectivity index (χ0) is 29.7. The monoisotopic (exact) mass is 609 g/mol. The highest BCUT2D eigenvalue weighted by Crippen LogP contribution is 2.45. The minimum Gasteiger partial charge on any atom is -0.311 e. The van der Waals surface area contributed by atoms with E-state index in [1.807, 2.05) is 22.7 Å². The van der Waals surface area contributed by atoms with Gasteiger partial charge < -0.3 is 4.90 Å². The molecule has 0 spiro atoms. The van der Waals surface area contributed by atoms with E-state index < -0.39 is 0 Å². The Bertz CT molecular complexity index is 2430. The molecule has 0 unspecified atom stereocenters. The van der Waals surface area contributed by atoms with Crippen molar-refractivity contribution >= 4 is 80.1 Å². The second-order valence-electron chi connectivity index (χ2n) is 11.4. The molecular weight excluding hydrogens is 583 g/mol. The number of hydrogen-bond donors (Lipinski definition) is 0. The van der Waals surface area contributed by atoms with Gasteiger partial charge in [0.15, 0.2) is 0 Å². The molecule has 7 aromatic carbocycles. The average molecular weight is 610 g/mol. The van der Waals surface area contributed by atoms with Crippen LogP contribution in [0, 0.1) is 0 Å². The van der Waals surface area contributed by atoms with Crippen molar-refractivity contribution in [3.63, 3.8) is 0 Å². The molecule has 0 N–H and O–H groups in total. The van der Waals surface area contributed by atoms with E-state index in [9.17, 15) is 0 Å². The molecule has 0 aliphatic heterocycles. The van der Waals surface area contributed by atoms with Gasteiger partial charge in [-0.15, -0.1) is 22.7 Å². The van der Waals surface area contributed by atoms with Crippen molar-refractivity contribution in [1.29, 1.82) is 0 Å². The molecule has 2 aromatic heterocycles. The Labute approximate surface area is 269 Å². The smallest absolute Gasteiger partial charge is 0.0462 e. The lowest BCUT2D eigenvalue weighted by atomic mass is 9.95. The van der Waals surface area contributed by atoms with Gasteiger partial charge in [0.05, 0.1) is 0 Å². The first kappa shape index (κ1) is 26.2. The highest BCUT2D eigenvalue weighted by atomic mass is 32.1. The third kappa shape index (κ3) is 4.52. The summed E-state index contributed by atoms with van der Waals surface area (Å²) in [5, 5.41) is 5.30. The van der Waals surface area contributed by atoms with E-state index in [4.69, 9.17) is 0 Å². The van der Waals surface area contributed by atoms with Crippen molar-refractivity contribution < 1.29 is 0 Å². The van der Waals surface area contributed by atoms with Gasteiger partial charge in [0.25, 0.3) is 0 Å². The lowest BCUT2D eigenvalue weighted by Gasteiger charge is -2.25. The molecule has 1 nitrogen and oxygen atoms in total. The summed E-state index contributed by atoms with van der Waals surface area (Å²) < 4.78 is 5.34. The number of anilines is 3. The third-order valence-electron chi connectivity index (χ3n) is 8.65. The van der Waals surface area contributed by atoms with Crippen LogP contribution < -0.4 is 4.90 Å². The first-order valence-electron chi connectivity index (χ1n) is 15.2. The normalized spacial score (nSPS) is 11.6. The first-order valence-corrected chi connectivity index (χ1v) is 16.8. The molecular formula is C42H27NS2. The van der Waals surface area contributed by atoms with E-state index in [0.29, 0.717) is 0 Å². The van der Waals surface area contributed by atoms with E-state index >= 15 is 0 Å². The van der Waals surface area contributed by atoms with Gasteiger partial charge >= 0.3 is 0 Å². The molecule has 212 valence electrons. The van der Waals surface area contributed by atoms with Crippen LogP contribution in [-0.2, 0) is 0 Å². The maximum atomic E-state index is 2.40. The maximum Gasteiger partial charge on any atom is 0.0462 e. The van der Waals surface area contributed by atoms with E-state index in [0.717, 1.165) is 17.1 Å². The molecule has 0 saturated carbocycles. The molecule has 0 saturated heterocycles. The first-order chi connectivity index (χ1) is 22.3. The molecule has 9 aromatic rings. The Morgan fingerprint density at radius 2 is 0.844 bits per heavy atom. The van der Waals surface area contributed by atoms with Gasteiger partial charge in [-0.3, -0.25) is 0 Å². The lowest BCUT2D eigenvalue weighted by molar-refractivity contribution is 1.28. The van der Waals surface area contributed by atoms with Crippen molar-refractivity contribution in [2.24, 2.45) is 0 Å². The number of para-hydroxylation sites is 2. The molecule has 0 aliphatic rings. The van der Waals surface area contributed by atoms with Gasteiger partial charge in [-0.25, -0.2) is 0 Å². The quantitative estimate of drug-likeness (QED) is 0.188. The lowest BCUT2D eigenvalue weighted by Crippen LogP contribution is -2.09. The fraction of sp³-hybridized carbons (Fsp3) is 0. The number of nitrogens with zero attached hydrogens (tertiary/aromatic N) is 1. The van der Waals surface area contributed by atoms with E-state index in [1.165, 1.54) is 62.6 Å². The summed E-state index contributed by atoms with van der Waals surface area (Å²) in [6.45, 7) is 0. The summed E-state index contributed by atoms with van der Waals surface area (Å²) in [5.41, 5.74) is 8.41. The fourth-order valence-electron chi connectivity index (χ4n) is 6.51. The van der Waals surface area contributed by atoms with Crippen molar-refractivity contribution in [2.45, 2.75) is 0 Å². The molecule has 0 aliphatic carbocycles. The molecule has 45 heavy (non-hydrogen) atoms. The summed E-state index contributed by atoms with van der Waals surface area (Å²) in [7, 11) is 0. The molecule has 0 atom stereocenters. The van der Waals surface area contributed by atoms with Crippen LogP contribution in [-0.4, -0.2) is 0 Å². The van der Waals surface area contributed by atoms with Crippen LogP contribution in [0.25, 0.3) is 62.6 Å². The Kier molecular flexibility index (Phi) is 6.26. The predicted molar refractivity (Wildman–Crippen MR) is 198 cm³/mol. The average Bonchev–Trinajstić information content (AvgIpc) is 3.67. The van der Waals surface area contributed by atoms with Crippen molar-refractivity contribution in [2.75, 3.05) is 4.90 Å². The molecule has 0 bridgehead atoms. The molecule has 0 amide bonds. The van der Waals surface area contributed by atoms with Gasteiger partial charge in [-0.1, -0.05) is 91.0 Å². The van der Waals surface area contributed by atoms with Crippen molar-refractivity contribution in [3.05, 3.63) is 164 Å². The van der Waals surface area contributed by atoms with E-state index in [2.05, 4.69) is 169 Å². The Balaban J connectivity index is 1.21. The highest BCUT2D eigenvalue weighted by molar-refractivity contribution is 7.26. The van der Waals surface area contributed by atoms with Crippen LogP contribution in [0.3, 0.4) is 0 Å². The zero-order valence-electron chi connectivity index (χ0n) is 24.4. The van der Waals surface area contributed by atoms with Crippen LogP contribution >= 0.6 is 22.7 Å². The van der Waals surface area contributed by atoms with Gasteiger partial charge in [0.2, 0.25) is 0 Å². The minimum absolute atomic E-state index is 1.13. The number of hydrogen-bond acceptors (Lipinski definition) is 3. The van der Waals surface area contributed by atoms with Crippen LogP contribution in [0.4, 0.5) is 17.1 Å². The summed E-state index contributed by atoms with van der Waals surface area (Å²) in [5.74, 6) is 0. The van der Waals surface area contributed by atoms with E-state index in [1.54, 1.807) is 0 Å². The largest absolute Gasteiger partial charge is 0.311 e. The number of fused-ring (bicyclic) bond motifs is 6. The summed E-state index contributed by atoms with van der Waals surface area (Å²) in [6, 6.07) is 59.5. The van der Waals surface area contributed by atoms with E-state index in [-0.39, 0.29) is 0 Å². The molecule has 2 heterocycles. The van der Waals surface area contributed by atoms with Gasteiger partial charge in [-0.05, 0) is 89.5 Å². The topological polar surface area (TPSA) is 3.24 Å². The summed E-state index contributed by atoms with van der Waals surface area (Å²) >= 11 is 3.77. The second kappa shape index (κ2) is 10.7. The molecule has 0 fully saturated rings. The number of rotatable bonds is 5. The van der Waals surface area contributed by atoms with Crippen LogP contribution in [0.5, 0.6) is 0 Å². The second-order valence-corrected chi connectivity index (χ2v) is 13.5. The van der Waals surface area contributed by atoms with Gasteiger partial charge in [-0.2, -0.15) is 0 Å². The summed E-state index contributed by atoms with van der Waals surface area (Å²) in [4.78, 5) is 2.31. The molecule has 3 heteroatoms. The number of thiophene rings is 2. The SMILES string of the molecule is c1ccc(N(c2ccccc2)c2ccc(-c3cc(-c4ccc5sc6ccccc6c5c4)c4sc5ccccc5c4c3)cc2)cc1. The fourth-order valence-corrected chi connectivity index (χ4v) is 8.81. The van der Waals surface area contributed by atoms with Crippen LogP contribution in [0.2, 0.25) is 0 Å². The molecule has 0 radical (unpaired) electrons. The molecule has 9 rings (SSSR count). The Morgan fingerprint density at radius 3 is 1.53 bits per heavy atom. The third-order valence-corrected chi connectivity index (χ3v) is 11.0. The van der Waals surface area contributed by atoms with Crippen LogP contribution in [0.15, 0.2) is 164 Å². The Hall–Kier alpha value is -5.22. The maximum absolute atomic E-state index is 2.40. The summed E-state index contributed by atoms with van der Waals surface area (Å²) in [6.07, 6.45) is 0.